The Kier molecular flexibility index (Phi) is 2.23. The van der Waals surface area contributed by atoms with Gasteiger partial charge in [-0.15, -0.1) is 0 Å². The zero-order chi connectivity index (χ0) is 13.5. The maximum Gasteiger partial charge on any atom is 0.141 e. The molecule has 0 unspecified atom stereocenters. The van der Waals surface area contributed by atoms with Crippen LogP contribution in [-0.2, 0) is 0 Å². The van der Waals surface area contributed by atoms with Crippen LogP contribution in [0.2, 0.25) is 0 Å². The van der Waals surface area contributed by atoms with E-state index in [1.54, 1.807) is 24.1 Å². The lowest BCUT2D eigenvalue weighted by Gasteiger charge is -2.03. The summed E-state index contributed by atoms with van der Waals surface area (Å²) in [6.45, 7) is 0. The number of rotatable bonds is 2. The molecule has 20 heavy (non-hydrogen) atoms. The average molecular weight is 265 g/mol. The van der Waals surface area contributed by atoms with Crippen molar-refractivity contribution in [3.05, 3.63) is 43.0 Å². The van der Waals surface area contributed by atoms with Crippen LogP contribution >= 0.6 is 0 Å². The highest BCUT2D eigenvalue weighted by molar-refractivity contribution is 5.97. The van der Waals surface area contributed by atoms with Crippen molar-refractivity contribution in [2.75, 3.05) is 7.11 Å². The van der Waals surface area contributed by atoms with Crippen LogP contribution in [0.3, 0.4) is 0 Å². The SMILES string of the molecule is COc1cnn2ncc(-c3ccnc4[nH]ccc34)c2c1. The number of fused-ring (bicyclic) bond motifs is 2. The molecule has 0 aliphatic carbocycles. The first kappa shape index (κ1) is 11.0. The van der Waals surface area contributed by atoms with Gasteiger partial charge in [-0.25, -0.2) is 4.98 Å². The van der Waals surface area contributed by atoms with Crippen LogP contribution in [0.15, 0.2) is 43.0 Å². The van der Waals surface area contributed by atoms with E-state index in [1.807, 2.05) is 30.6 Å². The lowest BCUT2D eigenvalue weighted by atomic mass is 10.1. The molecule has 4 aromatic rings. The molecule has 6 heteroatoms. The zero-order valence-electron chi connectivity index (χ0n) is 10.7. The number of methoxy groups -OCH3 is 1. The van der Waals surface area contributed by atoms with Gasteiger partial charge in [0.1, 0.15) is 11.4 Å². The number of pyridine rings is 1. The Morgan fingerprint density at radius 1 is 1.15 bits per heavy atom. The molecule has 4 rings (SSSR count). The number of nitrogens with zero attached hydrogens (tertiary/aromatic N) is 4. The highest BCUT2D eigenvalue weighted by Gasteiger charge is 2.12. The van der Waals surface area contributed by atoms with Gasteiger partial charge in [0, 0.05) is 29.4 Å². The molecule has 6 nitrogen and oxygen atoms in total. The Morgan fingerprint density at radius 2 is 2.05 bits per heavy atom. The van der Waals surface area contributed by atoms with Crippen molar-refractivity contribution in [3.8, 4) is 16.9 Å². The predicted molar refractivity (Wildman–Crippen MR) is 74.6 cm³/mol. The molecule has 0 aliphatic heterocycles. The van der Waals surface area contributed by atoms with Crippen LogP contribution < -0.4 is 4.74 Å². The van der Waals surface area contributed by atoms with Gasteiger partial charge in [0.25, 0.3) is 0 Å². The third-order valence-corrected chi connectivity index (χ3v) is 3.35. The summed E-state index contributed by atoms with van der Waals surface area (Å²) in [5, 5.41) is 9.56. The Hall–Kier alpha value is -2.89. The van der Waals surface area contributed by atoms with Gasteiger partial charge in [0.2, 0.25) is 0 Å². The van der Waals surface area contributed by atoms with E-state index in [9.17, 15) is 0 Å². The van der Waals surface area contributed by atoms with Gasteiger partial charge < -0.3 is 9.72 Å². The molecule has 0 aromatic carbocycles. The molecule has 0 saturated heterocycles. The summed E-state index contributed by atoms with van der Waals surface area (Å²) in [5.41, 5.74) is 3.83. The molecule has 4 heterocycles. The Bertz CT molecular complexity index is 908. The molecule has 4 aromatic heterocycles. The van der Waals surface area contributed by atoms with E-state index in [4.69, 9.17) is 4.74 Å². The van der Waals surface area contributed by atoms with E-state index in [0.29, 0.717) is 5.75 Å². The number of ether oxygens (including phenoxy) is 1. The van der Waals surface area contributed by atoms with Crippen LogP contribution in [0.5, 0.6) is 5.75 Å². The fourth-order valence-electron chi connectivity index (χ4n) is 2.37. The zero-order valence-corrected chi connectivity index (χ0v) is 10.7. The maximum absolute atomic E-state index is 5.23. The van der Waals surface area contributed by atoms with E-state index in [0.717, 1.165) is 27.7 Å². The summed E-state index contributed by atoms with van der Waals surface area (Å²) >= 11 is 0. The minimum absolute atomic E-state index is 0.707. The van der Waals surface area contributed by atoms with Crippen molar-refractivity contribution in [2.24, 2.45) is 0 Å². The standard InChI is InChI=1S/C14H11N5O/c1-20-9-6-13-12(8-18-19(13)17-7-9)10-2-4-15-14-11(10)3-5-16-14/h2-8H,1H3,(H,15,16). The van der Waals surface area contributed by atoms with Gasteiger partial charge in [-0.05, 0) is 17.7 Å². The molecule has 0 spiro atoms. The van der Waals surface area contributed by atoms with Gasteiger partial charge in [0.05, 0.1) is 25.0 Å². The smallest absolute Gasteiger partial charge is 0.141 e. The van der Waals surface area contributed by atoms with Crippen LogP contribution in [0.4, 0.5) is 0 Å². The normalized spacial score (nSPS) is 11.2. The molecular weight excluding hydrogens is 254 g/mol. The monoisotopic (exact) mass is 265 g/mol. The minimum atomic E-state index is 0.707. The summed E-state index contributed by atoms with van der Waals surface area (Å²) in [6.07, 6.45) is 7.11. The van der Waals surface area contributed by atoms with Crippen molar-refractivity contribution < 1.29 is 4.74 Å². The highest BCUT2D eigenvalue weighted by atomic mass is 16.5. The summed E-state index contributed by atoms with van der Waals surface area (Å²) < 4.78 is 6.83. The van der Waals surface area contributed by atoms with Crippen LogP contribution in [0.1, 0.15) is 0 Å². The summed E-state index contributed by atoms with van der Waals surface area (Å²) in [7, 11) is 1.63. The maximum atomic E-state index is 5.23. The molecule has 0 aliphatic rings. The minimum Gasteiger partial charge on any atom is -0.495 e. The molecule has 0 radical (unpaired) electrons. The molecule has 0 fully saturated rings. The second-order valence-corrected chi connectivity index (χ2v) is 4.43. The first-order valence-electron chi connectivity index (χ1n) is 6.17. The second kappa shape index (κ2) is 4.06. The van der Waals surface area contributed by atoms with Gasteiger partial charge in [0.15, 0.2) is 0 Å². The first-order chi connectivity index (χ1) is 9.86. The number of hydrogen-bond donors (Lipinski definition) is 1. The van der Waals surface area contributed by atoms with Crippen LogP contribution in [-0.4, -0.2) is 31.9 Å². The fraction of sp³-hybridized carbons (Fsp3) is 0.0714. The van der Waals surface area contributed by atoms with E-state index in [1.165, 1.54) is 0 Å². The van der Waals surface area contributed by atoms with Gasteiger partial charge in [-0.1, -0.05) is 0 Å². The third-order valence-electron chi connectivity index (χ3n) is 3.35. The Morgan fingerprint density at radius 3 is 2.95 bits per heavy atom. The number of H-pyrrole nitrogens is 1. The molecule has 1 N–H and O–H groups in total. The number of hydrogen-bond acceptors (Lipinski definition) is 4. The molecule has 0 amide bonds. The van der Waals surface area contributed by atoms with E-state index in [2.05, 4.69) is 20.2 Å². The lowest BCUT2D eigenvalue weighted by Crippen LogP contribution is -1.94. The van der Waals surface area contributed by atoms with E-state index >= 15 is 0 Å². The van der Waals surface area contributed by atoms with Crippen LogP contribution in [0, 0.1) is 0 Å². The lowest BCUT2D eigenvalue weighted by molar-refractivity contribution is 0.411. The molecule has 98 valence electrons. The number of aromatic amines is 1. The fourth-order valence-corrected chi connectivity index (χ4v) is 2.37. The summed E-state index contributed by atoms with van der Waals surface area (Å²) in [6, 6.07) is 5.91. The third kappa shape index (κ3) is 1.48. The molecular formula is C14H11N5O. The topological polar surface area (TPSA) is 68.1 Å². The average Bonchev–Trinajstić information content (AvgIpc) is 3.12. The number of nitrogens with one attached hydrogen (secondary N) is 1. The van der Waals surface area contributed by atoms with Crippen molar-refractivity contribution in [1.82, 2.24) is 24.8 Å². The first-order valence-corrected chi connectivity index (χ1v) is 6.17. The van der Waals surface area contributed by atoms with Crippen molar-refractivity contribution in [3.63, 3.8) is 0 Å². The Labute approximate surface area is 114 Å². The summed E-state index contributed by atoms with van der Waals surface area (Å²) in [5.74, 6) is 0.707. The summed E-state index contributed by atoms with van der Waals surface area (Å²) in [4.78, 5) is 7.42. The Balaban J connectivity index is 2.04. The van der Waals surface area contributed by atoms with Gasteiger partial charge in [-0.3, -0.25) is 0 Å². The van der Waals surface area contributed by atoms with E-state index in [-0.39, 0.29) is 0 Å². The van der Waals surface area contributed by atoms with Gasteiger partial charge in [-0.2, -0.15) is 14.8 Å². The van der Waals surface area contributed by atoms with Crippen molar-refractivity contribution in [2.45, 2.75) is 0 Å². The van der Waals surface area contributed by atoms with Crippen LogP contribution in [0.25, 0.3) is 27.7 Å². The second-order valence-electron chi connectivity index (χ2n) is 4.43. The molecule has 0 bridgehead atoms. The molecule has 0 saturated carbocycles. The van der Waals surface area contributed by atoms with Crippen molar-refractivity contribution in [1.29, 1.82) is 0 Å². The van der Waals surface area contributed by atoms with E-state index < -0.39 is 0 Å². The highest BCUT2D eigenvalue weighted by Crippen LogP contribution is 2.30. The largest absolute Gasteiger partial charge is 0.495 e. The quantitative estimate of drug-likeness (QED) is 0.603. The molecule has 0 atom stereocenters. The number of aromatic nitrogens is 5. The van der Waals surface area contributed by atoms with Crippen molar-refractivity contribution >= 4 is 16.6 Å². The van der Waals surface area contributed by atoms with Gasteiger partial charge >= 0.3 is 0 Å². The predicted octanol–water partition coefficient (Wildman–Crippen LogP) is 2.28.